The van der Waals surface area contributed by atoms with Crippen LogP contribution in [0.25, 0.3) is 10.9 Å². The molecule has 0 aliphatic rings. The van der Waals surface area contributed by atoms with Gasteiger partial charge in [-0.3, -0.25) is 0 Å². The molecule has 0 amide bonds. The molecule has 0 aliphatic heterocycles. The summed E-state index contributed by atoms with van der Waals surface area (Å²) in [7, 11) is 0. The maximum Gasteiger partial charge on any atom is 0.352 e. The summed E-state index contributed by atoms with van der Waals surface area (Å²) in [6.07, 6.45) is 9.16. The standard InChI is InChI=1S/C18H19NO2/c1-3-7-13(8-4-2)11-12-15-14-9-5-6-10-16(14)19-17(15)18(20)21/h3-10,19H,1,11-12H2,2H3,(H,20,21)/b8-4-,13-7+. The number of fused-ring (bicyclic) bond motifs is 1. The molecule has 3 heteroatoms. The molecule has 1 heterocycles. The number of aromatic carboxylic acids is 1. The van der Waals surface area contributed by atoms with Gasteiger partial charge in [-0.1, -0.05) is 49.1 Å². The number of hydrogen-bond acceptors (Lipinski definition) is 1. The number of carboxylic acid groups (broad SMARTS) is 1. The van der Waals surface area contributed by atoms with Crippen LogP contribution in [0.1, 0.15) is 29.4 Å². The Labute approximate surface area is 124 Å². The zero-order valence-corrected chi connectivity index (χ0v) is 12.1. The molecule has 21 heavy (non-hydrogen) atoms. The van der Waals surface area contributed by atoms with E-state index in [1.54, 1.807) is 6.08 Å². The van der Waals surface area contributed by atoms with Gasteiger partial charge in [-0.2, -0.15) is 0 Å². The van der Waals surface area contributed by atoms with Gasteiger partial charge in [-0.05, 0) is 37.0 Å². The highest BCUT2D eigenvalue weighted by molar-refractivity contribution is 5.97. The van der Waals surface area contributed by atoms with E-state index in [2.05, 4.69) is 11.6 Å². The normalized spacial score (nSPS) is 12.1. The Bertz CT molecular complexity index is 720. The van der Waals surface area contributed by atoms with Gasteiger partial charge in [0.05, 0.1) is 0 Å². The summed E-state index contributed by atoms with van der Waals surface area (Å²) < 4.78 is 0. The van der Waals surface area contributed by atoms with Gasteiger partial charge in [-0.25, -0.2) is 4.79 Å². The van der Waals surface area contributed by atoms with Crippen LogP contribution in [0.2, 0.25) is 0 Å². The van der Waals surface area contributed by atoms with Crippen LogP contribution in [0.5, 0.6) is 0 Å². The Morgan fingerprint density at radius 1 is 1.38 bits per heavy atom. The average Bonchev–Trinajstić information content (AvgIpc) is 2.84. The van der Waals surface area contributed by atoms with Crippen molar-refractivity contribution in [2.45, 2.75) is 19.8 Å². The summed E-state index contributed by atoms with van der Waals surface area (Å²) >= 11 is 0. The van der Waals surface area contributed by atoms with Crippen LogP contribution in [0.15, 0.2) is 60.7 Å². The van der Waals surface area contributed by atoms with Crippen LogP contribution in [-0.4, -0.2) is 16.1 Å². The monoisotopic (exact) mass is 281 g/mol. The number of H-pyrrole nitrogens is 1. The quantitative estimate of drug-likeness (QED) is 0.767. The Hall–Kier alpha value is -2.55. The van der Waals surface area contributed by atoms with Gasteiger partial charge in [0.2, 0.25) is 0 Å². The number of aromatic nitrogens is 1. The Kier molecular flexibility index (Phi) is 4.77. The van der Waals surface area contributed by atoms with E-state index in [4.69, 9.17) is 0 Å². The molecule has 0 saturated carbocycles. The number of nitrogens with one attached hydrogen (secondary N) is 1. The van der Waals surface area contributed by atoms with Gasteiger partial charge >= 0.3 is 5.97 Å². The predicted molar refractivity (Wildman–Crippen MR) is 86.7 cm³/mol. The van der Waals surface area contributed by atoms with E-state index in [-0.39, 0.29) is 5.69 Å². The molecule has 0 radical (unpaired) electrons. The maximum absolute atomic E-state index is 11.4. The molecular formula is C18H19NO2. The highest BCUT2D eigenvalue weighted by Gasteiger charge is 2.16. The molecule has 2 aromatic rings. The molecule has 0 bridgehead atoms. The van der Waals surface area contributed by atoms with Crippen molar-refractivity contribution in [1.82, 2.24) is 4.98 Å². The van der Waals surface area contributed by atoms with Crippen LogP contribution in [0.3, 0.4) is 0 Å². The third-order valence-corrected chi connectivity index (χ3v) is 3.40. The molecule has 0 aliphatic carbocycles. The van der Waals surface area contributed by atoms with Crippen molar-refractivity contribution in [3.8, 4) is 0 Å². The minimum atomic E-state index is -0.915. The van der Waals surface area contributed by atoms with E-state index in [9.17, 15) is 9.90 Å². The Morgan fingerprint density at radius 3 is 2.81 bits per heavy atom. The van der Waals surface area contributed by atoms with E-state index in [1.165, 1.54) is 0 Å². The van der Waals surface area contributed by atoms with Gasteiger partial charge in [-0.15, -0.1) is 0 Å². The minimum absolute atomic E-state index is 0.287. The van der Waals surface area contributed by atoms with Crippen molar-refractivity contribution in [3.05, 3.63) is 72.0 Å². The molecule has 0 spiro atoms. The smallest absolute Gasteiger partial charge is 0.352 e. The first-order valence-corrected chi connectivity index (χ1v) is 6.94. The van der Waals surface area contributed by atoms with Crippen molar-refractivity contribution < 1.29 is 9.90 Å². The van der Waals surface area contributed by atoms with Gasteiger partial charge in [0.1, 0.15) is 5.69 Å². The molecule has 3 nitrogen and oxygen atoms in total. The number of carbonyl (C=O) groups is 1. The molecule has 0 atom stereocenters. The molecule has 2 rings (SSSR count). The number of hydrogen-bond donors (Lipinski definition) is 2. The summed E-state index contributed by atoms with van der Waals surface area (Å²) in [6.45, 7) is 5.68. The summed E-state index contributed by atoms with van der Waals surface area (Å²) in [5.41, 5.74) is 3.14. The second-order valence-corrected chi connectivity index (χ2v) is 4.81. The lowest BCUT2D eigenvalue weighted by Gasteiger charge is -2.03. The van der Waals surface area contributed by atoms with Crippen LogP contribution in [-0.2, 0) is 6.42 Å². The van der Waals surface area contributed by atoms with Gasteiger partial charge in [0, 0.05) is 10.9 Å². The lowest BCUT2D eigenvalue weighted by Crippen LogP contribution is -2.01. The highest BCUT2D eigenvalue weighted by Crippen LogP contribution is 2.25. The highest BCUT2D eigenvalue weighted by atomic mass is 16.4. The maximum atomic E-state index is 11.4. The fourth-order valence-electron chi connectivity index (χ4n) is 2.50. The van der Waals surface area contributed by atoms with E-state index in [0.717, 1.165) is 28.5 Å². The van der Waals surface area contributed by atoms with Gasteiger partial charge < -0.3 is 10.1 Å². The van der Waals surface area contributed by atoms with Crippen LogP contribution in [0, 0.1) is 0 Å². The zero-order valence-electron chi connectivity index (χ0n) is 12.1. The fourth-order valence-corrected chi connectivity index (χ4v) is 2.50. The molecule has 0 fully saturated rings. The van der Waals surface area contributed by atoms with Crippen LogP contribution < -0.4 is 0 Å². The summed E-state index contributed by atoms with van der Waals surface area (Å²) in [6, 6.07) is 7.69. The number of benzene rings is 1. The van der Waals surface area contributed by atoms with Crippen molar-refractivity contribution in [2.24, 2.45) is 0 Å². The molecule has 1 aromatic heterocycles. The van der Waals surface area contributed by atoms with E-state index < -0.39 is 5.97 Å². The van der Waals surface area contributed by atoms with E-state index in [0.29, 0.717) is 6.42 Å². The number of para-hydroxylation sites is 1. The first-order chi connectivity index (χ1) is 10.2. The molecule has 1 aromatic carbocycles. The Balaban J connectivity index is 2.36. The van der Waals surface area contributed by atoms with Crippen LogP contribution in [0.4, 0.5) is 0 Å². The predicted octanol–water partition coefficient (Wildman–Crippen LogP) is 4.49. The number of aromatic amines is 1. The summed E-state index contributed by atoms with van der Waals surface area (Å²) in [5.74, 6) is -0.915. The third kappa shape index (κ3) is 3.31. The topological polar surface area (TPSA) is 53.1 Å². The first kappa shape index (κ1) is 14.9. The second-order valence-electron chi connectivity index (χ2n) is 4.81. The van der Waals surface area contributed by atoms with Crippen molar-refractivity contribution in [1.29, 1.82) is 0 Å². The molecule has 0 unspecified atom stereocenters. The number of aryl methyl sites for hydroxylation is 1. The number of carboxylic acids is 1. The minimum Gasteiger partial charge on any atom is -0.477 e. The summed E-state index contributed by atoms with van der Waals surface area (Å²) in [5, 5.41) is 10.3. The SMILES string of the molecule is C=C/C=C(\C=C/C)CCc1c(C(=O)O)[nH]c2ccccc12. The first-order valence-electron chi connectivity index (χ1n) is 6.94. The molecule has 108 valence electrons. The third-order valence-electron chi connectivity index (χ3n) is 3.40. The molecule has 0 saturated heterocycles. The average molecular weight is 281 g/mol. The van der Waals surface area contributed by atoms with Crippen molar-refractivity contribution in [2.75, 3.05) is 0 Å². The van der Waals surface area contributed by atoms with E-state index >= 15 is 0 Å². The van der Waals surface area contributed by atoms with Gasteiger partial charge in [0.15, 0.2) is 0 Å². The van der Waals surface area contributed by atoms with E-state index in [1.807, 2.05) is 49.4 Å². The molecule has 2 N–H and O–H groups in total. The van der Waals surface area contributed by atoms with Gasteiger partial charge in [0.25, 0.3) is 0 Å². The number of rotatable bonds is 6. The molecular weight excluding hydrogens is 262 g/mol. The fraction of sp³-hybridized carbons (Fsp3) is 0.167. The largest absolute Gasteiger partial charge is 0.477 e. The van der Waals surface area contributed by atoms with Crippen molar-refractivity contribution >= 4 is 16.9 Å². The number of allylic oxidation sites excluding steroid dienone is 5. The lowest BCUT2D eigenvalue weighted by atomic mass is 10.0. The zero-order chi connectivity index (χ0) is 15.2. The van der Waals surface area contributed by atoms with Crippen LogP contribution >= 0.6 is 0 Å². The summed E-state index contributed by atoms with van der Waals surface area (Å²) in [4.78, 5) is 14.4. The second kappa shape index (κ2) is 6.75. The lowest BCUT2D eigenvalue weighted by molar-refractivity contribution is 0.0690. The van der Waals surface area contributed by atoms with Crippen molar-refractivity contribution in [3.63, 3.8) is 0 Å². The Morgan fingerprint density at radius 2 is 2.14 bits per heavy atom.